The molecule has 0 saturated carbocycles. The van der Waals surface area contributed by atoms with Crippen molar-refractivity contribution in [1.82, 2.24) is 9.13 Å². The van der Waals surface area contributed by atoms with Gasteiger partial charge in [-0.15, -0.1) is 0 Å². The Morgan fingerprint density at radius 3 is 1.75 bits per heavy atom. The molecule has 0 amide bonds. The van der Waals surface area contributed by atoms with E-state index in [4.69, 9.17) is 17.6 Å². The molecule has 0 saturated heterocycles. The zero-order valence-corrected chi connectivity index (χ0v) is 27.8. The Hall–Kier alpha value is -8.10. The predicted octanol–water partition coefficient (Wildman–Crippen LogP) is 12.3. The highest BCUT2D eigenvalue weighted by molar-refractivity contribution is 6.24. The Labute approximate surface area is 302 Å². The Morgan fingerprint density at radius 1 is 0.528 bits per heavy atom. The van der Waals surface area contributed by atoms with E-state index in [0.29, 0.717) is 22.5 Å². The molecule has 0 aliphatic carbocycles. The molecule has 53 heavy (non-hydrogen) atoms. The van der Waals surface area contributed by atoms with Gasteiger partial charge in [-0.1, -0.05) is 72.8 Å². The summed E-state index contributed by atoms with van der Waals surface area (Å²) in [6, 6.07) is 47.6. The maximum atomic E-state index is 10.7. The van der Waals surface area contributed by atoms with E-state index in [0.717, 1.165) is 65.6 Å². The van der Waals surface area contributed by atoms with E-state index in [2.05, 4.69) is 38.5 Å². The summed E-state index contributed by atoms with van der Waals surface area (Å²) in [7, 11) is 0. The van der Waals surface area contributed by atoms with Gasteiger partial charge in [-0.3, -0.25) is 0 Å². The number of nitrogens with zero attached hydrogens (tertiary/aromatic N) is 6. The summed E-state index contributed by atoms with van der Waals surface area (Å²) in [5, 5.41) is 27.3. The highest BCUT2D eigenvalue weighted by Crippen LogP contribution is 2.45. The van der Waals surface area contributed by atoms with Crippen LogP contribution in [0.4, 0.5) is 11.4 Å². The van der Waals surface area contributed by atoms with Crippen LogP contribution in [-0.2, 0) is 0 Å². The lowest BCUT2D eigenvalue weighted by atomic mass is 9.94. The molecule has 0 bridgehead atoms. The minimum Gasteiger partial charge on any atom is -0.456 e. The Bertz CT molecular complexity index is 3280. The van der Waals surface area contributed by atoms with Gasteiger partial charge in [0.2, 0.25) is 5.69 Å². The summed E-state index contributed by atoms with van der Waals surface area (Å²) in [5.74, 6) is 0. The van der Waals surface area contributed by atoms with E-state index in [1.807, 2.05) is 102 Å². The maximum Gasteiger partial charge on any atom is 0.212 e. The first-order valence-corrected chi connectivity index (χ1v) is 16.9. The highest BCUT2D eigenvalue weighted by atomic mass is 16.3. The number of hydrogen-bond donors (Lipinski definition) is 0. The van der Waals surface area contributed by atoms with Crippen LogP contribution in [0.1, 0.15) is 11.1 Å². The molecule has 7 nitrogen and oxygen atoms in total. The first kappa shape index (κ1) is 29.8. The van der Waals surface area contributed by atoms with Crippen molar-refractivity contribution in [2.45, 2.75) is 0 Å². The summed E-state index contributed by atoms with van der Waals surface area (Å²) in [6.07, 6.45) is 0. The molecule has 0 fully saturated rings. The third kappa shape index (κ3) is 4.11. The predicted molar refractivity (Wildman–Crippen MR) is 210 cm³/mol. The third-order valence-electron chi connectivity index (χ3n) is 10.2. The number of para-hydroxylation sites is 4. The quantitative estimate of drug-likeness (QED) is 0.175. The lowest BCUT2D eigenvalue weighted by Gasteiger charge is -2.17. The average Bonchev–Trinajstić information content (AvgIpc) is 3.87. The molecular formula is C46H22N6O. The monoisotopic (exact) mass is 674 g/mol. The van der Waals surface area contributed by atoms with Crippen LogP contribution in [-0.4, -0.2) is 9.13 Å². The second-order valence-corrected chi connectivity index (χ2v) is 12.9. The second kappa shape index (κ2) is 11.2. The van der Waals surface area contributed by atoms with E-state index in [-0.39, 0.29) is 22.5 Å². The summed E-state index contributed by atoms with van der Waals surface area (Å²) in [4.78, 5) is 7.88. The van der Waals surface area contributed by atoms with Gasteiger partial charge in [-0.05, 0) is 66.2 Å². The molecule has 0 atom stereocenters. The fraction of sp³-hybridized carbons (Fsp3) is 0. The van der Waals surface area contributed by atoms with Crippen LogP contribution in [0.3, 0.4) is 0 Å². The second-order valence-electron chi connectivity index (χ2n) is 12.9. The molecule has 0 radical (unpaired) electrons. The molecule has 0 N–H and O–H groups in total. The van der Waals surface area contributed by atoms with Gasteiger partial charge < -0.3 is 13.6 Å². The van der Waals surface area contributed by atoms with Crippen LogP contribution < -0.4 is 0 Å². The average molecular weight is 675 g/mol. The number of fused-ring (bicyclic) bond motifs is 10. The van der Waals surface area contributed by atoms with Crippen LogP contribution in [0.5, 0.6) is 0 Å². The molecule has 10 aromatic rings. The summed E-state index contributed by atoms with van der Waals surface area (Å²) in [5.41, 5.74) is 8.03. The normalized spacial score (nSPS) is 11.3. The van der Waals surface area contributed by atoms with Crippen LogP contribution in [0.15, 0.2) is 138 Å². The first-order chi connectivity index (χ1) is 26.1. The van der Waals surface area contributed by atoms with Crippen molar-refractivity contribution >= 4 is 76.9 Å². The van der Waals surface area contributed by atoms with Crippen molar-refractivity contribution < 1.29 is 4.42 Å². The fourth-order valence-corrected chi connectivity index (χ4v) is 8.09. The zero-order valence-electron chi connectivity index (χ0n) is 27.8. The Morgan fingerprint density at radius 2 is 1.11 bits per heavy atom. The first-order valence-electron chi connectivity index (χ1n) is 16.9. The van der Waals surface area contributed by atoms with E-state index >= 15 is 0 Å². The Kier molecular flexibility index (Phi) is 6.30. The number of benzene rings is 7. The highest BCUT2D eigenvalue weighted by Gasteiger charge is 2.24. The fourth-order valence-electron chi connectivity index (χ4n) is 8.09. The lowest BCUT2D eigenvalue weighted by molar-refractivity contribution is 0.669. The number of rotatable bonds is 3. The van der Waals surface area contributed by atoms with Crippen molar-refractivity contribution in [3.05, 3.63) is 167 Å². The zero-order chi connectivity index (χ0) is 35.8. The van der Waals surface area contributed by atoms with Gasteiger partial charge in [0.15, 0.2) is 5.69 Å². The third-order valence-corrected chi connectivity index (χ3v) is 10.2. The molecule has 0 aliphatic heterocycles. The lowest BCUT2D eigenvalue weighted by Crippen LogP contribution is -2.00. The minimum absolute atomic E-state index is 0.235. The van der Waals surface area contributed by atoms with Crippen molar-refractivity contribution in [3.63, 3.8) is 0 Å². The van der Waals surface area contributed by atoms with Gasteiger partial charge in [0.05, 0.1) is 69.6 Å². The summed E-state index contributed by atoms with van der Waals surface area (Å²) < 4.78 is 10.3. The molecule has 0 unspecified atom stereocenters. The molecule has 0 aliphatic rings. The van der Waals surface area contributed by atoms with Crippen LogP contribution in [0.25, 0.3) is 97.7 Å². The van der Waals surface area contributed by atoms with Gasteiger partial charge in [0.25, 0.3) is 0 Å². The van der Waals surface area contributed by atoms with Crippen LogP contribution >= 0.6 is 0 Å². The van der Waals surface area contributed by atoms with E-state index in [1.54, 1.807) is 24.3 Å². The number of nitriles is 2. The molecule has 7 heteroatoms. The summed E-state index contributed by atoms with van der Waals surface area (Å²) in [6.45, 7) is 16.7. The molecule has 10 rings (SSSR count). The molecule has 242 valence electrons. The molecule has 0 spiro atoms. The van der Waals surface area contributed by atoms with Crippen molar-refractivity contribution in [2.75, 3.05) is 0 Å². The van der Waals surface area contributed by atoms with Crippen molar-refractivity contribution in [2.24, 2.45) is 0 Å². The topological polar surface area (TPSA) is 79.3 Å². The molecule has 3 heterocycles. The molecular weight excluding hydrogens is 653 g/mol. The molecule has 7 aromatic carbocycles. The number of furan rings is 1. The smallest absolute Gasteiger partial charge is 0.212 e. The minimum atomic E-state index is 0.235. The van der Waals surface area contributed by atoms with E-state index in [9.17, 15) is 10.5 Å². The van der Waals surface area contributed by atoms with Crippen molar-refractivity contribution in [1.29, 1.82) is 10.5 Å². The Balaban J connectivity index is 1.25. The number of aromatic nitrogens is 2. The van der Waals surface area contributed by atoms with E-state index in [1.165, 1.54) is 0 Å². The standard InChI is InChI=1S/C46H22N6O/c1-49-36-24-30(51-38-15-7-5-13-33(38)34-19-20-42-44(46(34)51)35-14-6-10-18-41(35)53-42)22-28(25-47)43(36)27-21-29(26-48)45(37(23-27)50-2)52-39-16-8-3-11-31(39)32-12-4-9-17-40(32)52/h3-24H. The summed E-state index contributed by atoms with van der Waals surface area (Å²) >= 11 is 0. The largest absolute Gasteiger partial charge is 0.456 e. The van der Waals surface area contributed by atoms with Gasteiger partial charge in [-0.25, -0.2) is 9.69 Å². The van der Waals surface area contributed by atoms with Gasteiger partial charge in [0, 0.05) is 38.2 Å². The SMILES string of the molecule is [C-]#[N+]c1cc(-n2c3ccccc3c3ccc4oc5ccccc5c4c32)cc(C#N)c1-c1cc(C#N)c(-n2c3ccccc3c3ccccc32)c([N+]#[C-])c1. The molecule has 3 aromatic heterocycles. The number of hydrogen-bond acceptors (Lipinski definition) is 3. The van der Waals surface area contributed by atoms with Crippen LogP contribution in [0.2, 0.25) is 0 Å². The van der Waals surface area contributed by atoms with E-state index < -0.39 is 0 Å². The van der Waals surface area contributed by atoms with Crippen molar-refractivity contribution in [3.8, 4) is 34.6 Å². The maximum absolute atomic E-state index is 10.7. The van der Waals surface area contributed by atoms with Gasteiger partial charge in [0.1, 0.15) is 11.2 Å². The van der Waals surface area contributed by atoms with Crippen LogP contribution in [0, 0.1) is 35.8 Å². The van der Waals surface area contributed by atoms with Gasteiger partial charge in [-0.2, -0.15) is 10.5 Å². The van der Waals surface area contributed by atoms with Gasteiger partial charge >= 0.3 is 0 Å².